The van der Waals surface area contributed by atoms with Crippen molar-refractivity contribution in [2.45, 2.75) is 6.04 Å². The molecule has 2 heterocycles. The highest BCUT2D eigenvalue weighted by atomic mass is 35.5. The molecule has 0 spiro atoms. The minimum Gasteiger partial charge on any atom is -0.323 e. The maximum atomic E-state index is 6.04. The number of nitrogens with one attached hydrogen (secondary N) is 1. The summed E-state index contributed by atoms with van der Waals surface area (Å²) < 4.78 is 1.77. The smallest absolute Gasteiger partial charge is 0.248 e. The van der Waals surface area contributed by atoms with Crippen molar-refractivity contribution in [3.63, 3.8) is 0 Å². The van der Waals surface area contributed by atoms with Crippen molar-refractivity contribution < 1.29 is 0 Å². The Labute approximate surface area is 167 Å². The number of allylic oxidation sites excluding steroid dienone is 1. The molecular weight excluding hydrogens is 370 g/mol. The number of halogens is 1. The van der Waals surface area contributed by atoms with Gasteiger partial charge in [0, 0.05) is 10.7 Å². The molecule has 0 saturated carbocycles. The van der Waals surface area contributed by atoms with Crippen LogP contribution < -0.4 is 5.32 Å². The molecule has 1 unspecified atom stereocenters. The van der Waals surface area contributed by atoms with Crippen LogP contribution in [0, 0.1) is 0 Å². The highest BCUT2D eigenvalue weighted by Gasteiger charge is 2.24. The quantitative estimate of drug-likeness (QED) is 0.536. The monoisotopic (exact) mass is 385 g/mol. The summed E-state index contributed by atoms with van der Waals surface area (Å²) >= 11 is 6.04. The van der Waals surface area contributed by atoms with Crippen LogP contribution in [0.2, 0.25) is 5.02 Å². The van der Waals surface area contributed by atoms with E-state index in [2.05, 4.69) is 63.3 Å². The summed E-state index contributed by atoms with van der Waals surface area (Å²) in [5.41, 5.74) is 5.50. The SMILES string of the molecule is Clc1ccc(C2C=C(c3ccc(-c4ccccc4)cc3)Nc3nnnn32)cc1. The molecule has 0 fully saturated rings. The molecular formula is C22H16ClN5. The van der Waals surface area contributed by atoms with E-state index in [4.69, 9.17) is 11.6 Å². The molecule has 0 saturated heterocycles. The number of rotatable bonds is 3. The van der Waals surface area contributed by atoms with Crippen molar-refractivity contribution >= 4 is 23.2 Å². The maximum Gasteiger partial charge on any atom is 0.248 e. The van der Waals surface area contributed by atoms with Gasteiger partial charge >= 0.3 is 0 Å². The van der Waals surface area contributed by atoms with E-state index in [-0.39, 0.29) is 6.04 Å². The molecule has 0 aliphatic carbocycles. The second-order valence-corrected chi connectivity index (χ2v) is 7.03. The van der Waals surface area contributed by atoms with Crippen molar-refractivity contribution in [3.8, 4) is 11.1 Å². The largest absolute Gasteiger partial charge is 0.323 e. The van der Waals surface area contributed by atoms with Gasteiger partial charge in [0.25, 0.3) is 0 Å². The molecule has 5 nitrogen and oxygen atoms in total. The van der Waals surface area contributed by atoms with Crippen LogP contribution in [0.25, 0.3) is 16.8 Å². The van der Waals surface area contributed by atoms with Crippen LogP contribution in [-0.4, -0.2) is 20.2 Å². The lowest BCUT2D eigenvalue weighted by molar-refractivity contribution is 0.586. The van der Waals surface area contributed by atoms with Crippen molar-refractivity contribution in [3.05, 3.63) is 101 Å². The van der Waals surface area contributed by atoms with E-state index in [0.717, 1.165) is 16.8 Å². The van der Waals surface area contributed by atoms with Gasteiger partial charge in [0.1, 0.15) is 6.04 Å². The molecule has 4 aromatic rings. The summed E-state index contributed by atoms with van der Waals surface area (Å²) in [6.07, 6.45) is 2.13. The Morgan fingerprint density at radius 1 is 0.786 bits per heavy atom. The number of hydrogen-bond donors (Lipinski definition) is 1. The van der Waals surface area contributed by atoms with Crippen LogP contribution >= 0.6 is 11.6 Å². The van der Waals surface area contributed by atoms with E-state index in [0.29, 0.717) is 11.0 Å². The molecule has 136 valence electrons. The van der Waals surface area contributed by atoms with Crippen molar-refractivity contribution in [1.29, 1.82) is 0 Å². The van der Waals surface area contributed by atoms with Crippen molar-refractivity contribution in [2.24, 2.45) is 0 Å². The minimum atomic E-state index is -0.104. The average Bonchev–Trinajstić information content (AvgIpc) is 3.23. The Bertz CT molecular complexity index is 1130. The van der Waals surface area contributed by atoms with Crippen LogP contribution in [0.5, 0.6) is 0 Å². The molecule has 1 aromatic heterocycles. The predicted molar refractivity (Wildman–Crippen MR) is 111 cm³/mol. The van der Waals surface area contributed by atoms with E-state index >= 15 is 0 Å². The maximum absolute atomic E-state index is 6.04. The van der Waals surface area contributed by atoms with Gasteiger partial charge in [-0.15, -0.1) is 0 Å². The summed E-state index contributed by atoms with van der Waals surface area (Å²) in [7, 11) is 0. The number of hydrogen-bond acceptors (Lipinski definition) is 4. The Morgan fingerprint density at radius 3 is 2.21 bits per heavy atom. The first-order valence-corrected chi connectivity index (χ1v) is 9.34. The molecule has 0 bridgehead atoms. The molecule has 1 N–H and O–H groups in total. The highest BCUT2D eigenvalue weighted by molar-refractivity contribution is 6.30. The third kappa shape index (κ3) is 3.06. The van der Waals surface area contributed by atoms with E-state index in [1.807, 2.05) is 42.5 Å². The molecule has 1 atom stereocenters. The minimum absolute atomic E-state index is 0.104. The highest BCUT2D eigenvalue weighted by Crippen LogP contribution is 2.32. The van der Waals surface area contributed by atoms with Gasteiger partial charge in [-0.2, -0.15) is 4.68 Å². The average molecular weight is 386 g/mol. The topological polar surface area (TPSA) is 55.6 Å². The molecule has 28 heavy (non-hydrogen) atoms. The molecule has 6 heteroatoms. The Balaban J connectivity index is 1.52. The van der Waals surface area contributed by atoms with Gasteiger partial charge in [0.15, 0.2) is 0 Å². The number of nitrogens with zero attached hydrogens (tertiary/aromatic N) is 4. The van der Waals surface area contributed by atoms with Crippen molar-refractivity contribution in [1.82, 2.24) is 20.2 Å². The van der Waals surface area contributed by atoms with Crippen LogP contribution in [0.3, 0.4) is 0 Å². The van der Waals surface area contributed by atoms with Crippen LogP contribution in [0.4, 0.5) is 5.95 Å². The summed E-state index contributed by atoms with van der Waals surface area (Å²) in [5.74, 6) is 0.615. The zero-order valence-electron chi connectivity index (χ0n) is 14.8. The fourth-order valence-electron chi connectivity index (χ4n) is 3.39. The lowest BCUT2D eigenvalue weighted by Crippen LogP contribution is -2.20. The lowest BCUT2D eigenvalue weighted by Gasteiger charge is -2.23. The molecule has 0 amide bonds. The fourth-order valence-corrected chi connectivity index (χ4v) is 3.52. The first-order valence-electron chi connectivity index (χ1n) is 8.96. The van der Waals surface area contributed by atoms with Crippen molar-refractivity contribution in [2.75, 3.05) is 5.32 Å². The standard InChI is InChI=1S/C22H16ClN5/c23-19-12-10-18(11-13-19)21-14-20(24-22-25-26-27-28(21)22)17-8-6-16(7-9-17)15-4-2-1-3-5-15/h1-14,21H,(H,24,25,27). The predicted octanol–water partition coefficient (Wildman–Crippen LogP) is 5.05. The molecule has 1 aliphatic heterocycles. The summed E-state index contributed by atoms with van der Waals surface area (Å²) in [5, 5.41) is 16.1. The van der Waals surface area contributed by atoms with Gasteiger partial charge in [-0.25, -0.2) is 0 Å². The van der Waals surface area contributed by atoms with Crippen LogP contribution in [-0.2, 0) is 0 Å². The molecule has 3 aromatic carbocycles. The van der Waals surface area contributed by atoms with Gasteiger partial charge < -0.3 is 5.32 Å². The van der Waals surface area contributed by atoms with Gasteiger partial charge in [-0.3, -0.25) is 0 Å². The molecule has 1 aliphatic rings. The number of tetrazole rings is 1. The Kier molecular flexibility index (Phi) is 4.14. The van der Waals surface area contributed by atoms with Gasteiger partial charge in [-0.05, 0) is 50.9 Å². The Morgan fingerprint density at radius 2 is 1.46 bits per heavy atom. The van der Waals surface area contributed by atoms with Gasteiger partial charge in [0.05, 0.1) is 0 Å². The second kappa shape index (κ2) is 6.94. The molecule has 5 rings (SSSR count). The van der Waals surface area contributed by atoms with E-state index in [1.54, 1.807) is 4.68 Å². The number of fused-ring (bicyclic) bond motifs is 1. The summed E-state index contributed by atoms with van der Waals surface area (Å²) in [6, 6.07) is 26.5. The second-order valence-electron chi connectivity index (χ2n) is 6.59. The third-order valence-corrected chi connectivity index (χ3v) is 5.09. The van der Waals surface area contributed by atoms with E-state index < -0.39 is 0 Å². The number of benzene rings is 3. The zero-order valence-corrected chi connectivity index (χ0v) is 15.6. The van der Waals surface area contributed by atoms with E-state index in [1.165, 1.54) is 11.1 Å². The first-order chi connectivity index (χ1) is 13.8. The lowest BCUT2D eigenvalue weighted by atomic mass is 9.99. The summed E-state index contributed by atoms with van der Waals surface area (Å²) in [6.45, 7) is 0. The number of anilines is 1. The fraction of sp³-hybridized carbons (Fsp3) is 0.0455. The van der Waals surface area contributed by atoms with Gasteiger partial charge in [0.2, 0.25) is 5.95 Å². The Hall–Kier alpha value is -3.44. The van der Waals surface area contributed by atoms with Crippen LogP contribution in [0.1, 0.15) is 17.2 Å². The van der Waals surface area contributed by atoms with E-state index in [9.17, 15) is 0 Å². The normalized spacial score (nSPS) is 15.5. The van der Waals surface area contributed by atoms with Gasteiger partial charge in [-0.1, -0.05) is 83.4 Å². The number of aromatic nitrogens is 4. The van der Waals surface area contributed by atoms with Crippen LogP contribution in [0.15, 0.2) is 84.9 Å². The first kappa shape index (κ1) is 16.7. The summed E-state index contributed by atoms with van der Waals surface area (Å²) in [4.78, 5) is 0. The molecule has 0 radical (unpaired) electrons. The third-order valence-electron chi connectivity index (χ3n) is 4.84. The zero-order chi connectivity index (χ0) is 18.9.